The van der Waals surface area contributed by atoms with Crippen LogP contribution in [0.5, 0.6) is 0 Å². The number of rotatable bonds is 3. The van der Waals surface area contributed by atoms with E-state index in [2.05, 4.69) is 13.8 Å². The highest BCUT2D eigenvalue weighted by atomic mass is 35.7. The summed E-state index contributed by atoms with van der Waals surface area (Å²) in [5, 5.41) is 0.0167. The summed E-state index contributed by atoms with van der Waals surface area (Å²) in [7, 11) is 1.36. The van der Waals surface area contributed by atoms with E-state index in [1.807, 2.05) is 0 Å². The monoisotopic (exact) mass is 349 g/mol. The molecule has 1 saturated heterocycles. The molecule has 1 aliphatic rings. The first-order valence-electron chi connectivity index (χ1n) is 6.73. The Morgan fingerprint density at radius 3 is 2.57 bits per heavy atom. The van der Waals surface area contributed by atoms with Gasteiger partial charge >= 0.3 is 0 Å². The molecule has 4 nitrogen and oxygen atoms in total. The Morgan fingerprint density at radius 1 is 1.38 bits per heavy atom. The summed E-state index contributed by atoms with van der Waals surface area (Å²) in [5.41, 5.74) is 0.294. The molecule has 1 amide bonds. The van der Waals surface area contributed by atoms with Crippen LogP contribution in [-0.2, 0) is 9.05 Å². The summed E-state index contributed by atoms with van der Waals surface area (Å²) >= 11 is 5.82. The second-order valence-electron chi connectivity index (χ2n) is 5.63. The van der Waals surface area contributed by atoms with E-state index in [0.29, 0.717) is 30.5 Å². The average Bonchev–Trinajstić information content (AvgIpc) is 2.86. The van der Waals surface area contributed by atoms with E-state index >= 15 is 0 Å². The second kappa shape index (κ2) is 6.15. The molecule has 1 aromatic carbocycles. The maximum absolute atomic E-state index is 12.5. The van der Waals surface area contributed by atoms with Gasteiger partial charge in [0.2, 0.25) is 0 Å². The van der Waals surface area contributed by atoms with Crippen molar-refractivity contribution in [1.82, 2.24) is 4.90 Å². The van der Waals surface area contributed by atoms with Crippen molar-refractivity contribution in [3.05, 3.63) is 28.8 Å². The molecule has 0 radical (unpaired) electrons. The molecule has 21 heavy (non-hydrogen) atoms. The molecular formula is C14H17Cl2NO3S. The summed E-state index contributed by atoms with van der Waals surface area (Å²) in [6.45, 7) is 5.66. The van der Waals surface area contributed by atoms with Crippen molar-refractivity contribution in [3.63, 3.8) is 0 Å². The topological polar surface area (TPSA) is 54.5 Å². The van der Waals surface area contributed by atoms with Crippen LogP contribution in [0.1, 0.15) is 30.6 Å². The zero-order valence-electron chi connectivity index (χ0n) is 11.8. The first-order chi connectivity index (χ1) is 9.70. The second-order valence-corrected chi connectivity index (χ2v) is 8.57. The van der Waals surface area contributed by atoms with E-state index < -0.39 is 9.05 Å². The highest BCUT2D eigenvalue weighted by molar-refractivity contribution is 8.13. The van der Waals surface area contributed by atoms with Gasteiger partial charge in [0.05, 0.1) is 5.02 Å². The molecule has 1 aromatic rings. The lowest BCUT2D eigenvalue weighted by Gasteiger charge is -2.18. The van der Waals surface area contributed by atoms with Crippen molar-refractivity contribution >= 4 is 37.2 Å². The van der Waals surface area contributed by atoms with Crippen LogP contribution in [0.25, 0.3) is 0 Å². The summed E-state index contributed by atoms with van der Waals surface area (Å²) in [6.07, 6.45) is 0.970. The van der Waals surface area contributed by atoms with Gasteiger partial charge < -0.3 is 4.90 Å². The zero-order chi connectivity index (χ0) is 15.8. The predicted octanol–water partition coefficient (Wildman–Crippen LogP) is 3.39. The van der Waals surface area contributed by atoms with Gasteiger partial charge in [-0.2, -0.15) is 0 Å². The minimum Gasteiger partial charge on any atom is -0.338 e. The highest BCUT2D eigenvalue weighted by Crippen LogP contribution is 2.28. The molecule has 7 heteroatoms. The average molecular weight is 350 g/mol. The maximum Gasteiger partial charge on any atom is 0.262 e. The molecule has 1 unspecified atom stereocenters. The number of hydrogen-bond acceptors (Lipinski definition) is 3. The Kier molecular flexibility index (Phi) is 4.85. The summed E-state index contributed by atoms with van der Waals surface area (Å²) in [6, 6.07) is 4.16. The van der Waals surface area contributed by atoms with Crippen molar-refractivity contribution in [2.75, 3.05) is 13.1 Å². The van der Waals surface area contributed by atoms with Crippen LogP contribution < -0.4 is 0 Å². The minimum atomic E-state index is -3.97. The van der Waals surface area contributed by atoms with E-state index in [1.54, 1.807) is 4.90 Å². The standard InChI is InChI=1S/C14H17Cl2NO3S/c1-9(2)11-5-6-17(8-11)14(18)10-3-4-12(15)13(7-10)21(16,19)20/h3-4,7,9,11H,5-6,8H2,1-2H3. The molecule has 1 atom stereocenters. The lowest BCUT2D eigenvalue weighted by Crippen LogP contribution is -2.29. The summed E-state index contributed by atoms with van der Waals surface area (Å²) in [4.78, 5) is 14.0. The van der Waals surface area contributed by atoms with Gasteiger partial charge in [0.15, 0.2) is 0 Å². The Balaban J connectivity index is 2.25. The van der Waals surface area contributed by atoms with E-state index in [9.17, 15) is 13.2 Å². The normalized spacial score (nSPS) is 19.3. The Hall–Kier alpha value is -0.780. The zero-order valence-corrected chi connectivity index (χ0v) is 14.2. The molecule has 0 aliphatic carbocycles. The third kappa shape index (κ3) is 3.71. The van der Waals surface area contributed by atoms with Crippen LogP contribution in [0.4, 0.5) is 0 Å². The minimum absolute atomic E-state index is 0.0167. The summed E-state index contributed by atoms with van der Waals surface area (Å²) in [5.74, 6) is 0.820. The van der Waals surface area contributed by atoms with Crippen LogP contribution in [-0.4, -0.2) is 32.3 Å². The molecular weight excluding hydrogens is 333 g/mol. The SMILES string of the molecule is CC(C)C1CCN(C(=O)c2ccc(Cl)c(S(=O)(=O)Cl)c2)C1. The van der Waals surface area contributed by atoms with E-state index in [1.165, 1.54) is 18.2 Å². The molecule has 1 heterocycles. The van der Waals surface area contributed by atoms with E-state index in [-0.39, 0.29) is 15.8 Å². The van der Waals surface area contributed by atoms with E-state index in [0.717, 1.165) is 6.42 Å². The van der Waals surface area contributed by atoms with Crippen LogP contribution in [0.2, 0.25) is 5.02 Å². The number of benzene rings is 1. The van der Waals surface area contributed by atoms with Gasteiger partial charge in [-0.05, 0) is 36.5 Å². The van der Waals surface area contributed by atoms with Crippen molar-refractivity contribution in [2.24, 2.45) is 11.8 Å². The van der Waals surface area contributed by atoms with Crippen molar-refractivity contribution in [3.8, 4) is 0 Å². The predicted molar refractivity (Wildman–Crippen MR) is 83.3 cm³/mol. The van der Waals surface area contributed by atoms with Crippen molar-refractivity contribution < 1.29 is 13.2 Å². The van der Waals surface area contributed by atoms with E-state index in [4.69, 9.17) is 22.3 Å². The molecule has 0 saturated carbocycles. The third-order valence-corrected chi connectivity index (χ3v) is 5.70. The molecule has 0 aromatic heterocycles. The third-order valence-electron chi connectivity index (χ3n) is 3.90. The lowest BCUT2D eigenvalue weighted by atomic mass is 9.95. The lowest BCUT2D eigenvalue weighted by molar-refractivity contribution is 0.0784. The van der Waals surface area contributed by atoms with Gasteiger partial charge in [0.1, 0.15) is 4.90 Å². The summed E-state index contributed by atoms with van der Waals surface area (Å²) < 4.78 is 22.9. The number of hydrogen-bond donors (Lipinski definition) is 0. The molecule has 2 rings (SSSR count). The molecule has 1 fully saturated rings. The highest BCUT2D eigenvalue weighted by Gasteiger charge is 2.29. The van der Waals surface area contributed by atoms with Crippen LogP contribution >= 0.6 is 22.3 Å². The fraction of sp³-hybridized carbons (Fsp3) is 0.500. The molecule has 0 spiro atoms. The quantitative estimate of drug-likeness (QED) is 0.786. The van der Waals surface area contributed by atoms with Gasteiger partial charge in [-0.25, -0.2) is 8.42 Å². The number of likely N-dealkylation sites (tertiary alicyclic amines) is 1. The van der Waals surface area contributed by atoms with Crippen LogP contribution in [0.15, 0.2) is 23.1 Å². The number of nitrogens with zero attached hydrogens (tertiary/aromatic N) is 1. The number of amides is 1. The number of carbonyl (C=O) groups is 1. The Morgan fingerprint density at radius 2 is 2.05 bits per heavy atom. The molecule has 0 bridgehead atoms. The largest absolute Gasteiger partial charge is 0.338 e. The number of carbonyl (C=O) groups excluding carboxylic acids is 1. The van der Waals surface area contributed by atoms with Gasteiger partial charge in [-0.3, -0.25) is 4.79 Å². The Bertz CT molecular complexity index is 658. The van der Waals surface area contributed by atoms with Crippen LogP contribution in [0, 0.1) is 11.8 Å². The Labute approximate surface area is 134 Å². The molecule has 0 N–H and O–H groups in total. The van der Waals surface area contributed by atoms with Gasteiger partial charge in [-0.1, -0.05) is 25.4 Å². The smallest absolute Gasteiger partial charge is 0.262 e. The number of halogens is 2. The first-order valence-corrected chi connectivity index (χ1v) is 9.42. The fourth-order valence-corrected chi connectivity index (χ4v) is 4.01. The fourth-order valence-electron chi connectivity index (χ4n) is 2.52. The van der Waals surface area contributed by atoms with Gasteiger partial charge in [-0.15, -0.1) is 0 Å². The van der Waals surface area contributed by atoms with Crippen molar-refractivity contribution in [2.45, 2.75) is 25.2 Å². The van der Waals surface area contributed by atoms with Crippen LogP contribution in [0.3, 0.4) is 0 Å². The molecule has 1 aliphatic heterocycles. The maximum atomic E-state index is 12.5. The van der Waals surface area contributed by atoms with Crippen molar-refractivity contribution in [1.29, 1.82) is 0 Å². The molecule has 116 valence electrons. The first kappa shape index (κ1) is 16.6. The van der Waals surface area contributed by atoms with Gasteiger partial charge in [0.25, 0.3) is 15.0 Å². The van der Waals surface area contributed by atoms with Gasteiger partial charge in [0, 0.05) is 29.3 Å².